The van der Waals surface area contributed by atoms with E-state index in [4.69, 9.17) is 5.73 Å². The first-order chi connectivity index (χ1) is 7.15. The highest BCUT2D eigenvalue weighted by Crippen LogP contribution is 2.12. The maximum atomic E-state index is 11.8. The van der Waals surface area contributed by atoms with Gasteiger partial charge in [0.25, 0.3) is 0 Å². The highest BCUT2D eigenvalue weighted by Gasteiger charge is 2.24. The molecule has 0 amide bonds. The first-order valence-corrected chi connectivity index (χ1v) is 5.71. The first-order valence-electron chi connectivity index (χ1n) is 4.92. The number of hydrogen-bond donors (Lipinski definition) is 1. The topological polar surface area (TPSA) is 46.3 Å². The molecule has 0 saturated carbocycles. The van der Waals surface area contributed by atoms with E-state index in [9.17, 15) is 4.79 Å². The maximum absolute atomic E-state index is 11.8. The summed E-state index contributed by atoms with van der Waals surface area (Å²) in [5.74, 6) is 0.161. The number of hydrogen-bond acceptors (Lipinski definition) is 3. The molecule has 1 saturated heterocycles. The number of Topliss-reactive ketones (excluding diaryl/α,β-unsaturated/α-hetero) is 1. The number of ketones is 1. The Morgan fingerprint density at radius 2 is 2.00 bits per heavy atom. The monoisotopic (exact) mass is 268 g/mol. The third kappa shape index (κ3) is 2.65. The fraction of sp³-hybridized carbons (Fsp3) is 0.364. The number of nitrogens with zero attached hydrogens (tertiary/aromatic N) is 1. The van der Waals surface area contributed by atoms with Crippen LogP contribution < -0.4 is 5.73 Å². The van der Waals surface area contributed by atoms with E-state index < -0.39 is 0 Å². The maximum Gasteiger partial charge on any atom is 0.176 e. The van der Waals surface area contributed by atoms with E-state index in [0.717, 1.165) is 23.1 Å². The smallest absolute Gasteiger partial charge is 0.176 e. The summed E-state index contributed by atoms with van der Waals surface area (Å²) < 4.78 is 0.991. The lowest BCUT2D eigenvalue weighted by atomic mass is 10.1. The van der Waals surface area contributed by atoms with Crippen molar-refractivity contribution in [2.24, 2.45) is 5.73 Å². The van der Waals surface area contributed by atoms with Gasteiger partial charge in [0.1, 0.15) is 0 Å². The zero-order valence-electron chi connectivity index (χ0n) is 8.32. The molecule has 1 aliphatic rings. The molecular formula is C11H13BrN2O. The van der Waals surface area contributed by atoms with Crippen molar-refractivity contribution in [3.05, 3.63) is 34.3 Å². The Morgan fingerprint density at radius 3 is 2.53 bits per heavy atom. The molecule has 0 atom stereocenters. The first kappa shape index (κ1) is 10.8. The molecule has 0 aromatic heterocycles. The van der Waals surface area contributed by atoms with Gasteiger partial charge < -0.3 is 5.73 Å². The molecule has 0 spiro atoms. The van der Waals surface area contributed by atoms with E-state index in [1.165, 1.54) is 0 Å². The number of rotatable bonds is 3. The minimum absolute atomic E-state index is 0.161. The quantitative estimate of drug-likeness (QED) is 0.841. The lowest BCUT2D eigenvalue weighted by Crippen LogP contribution is -2.56. The Kier molecular flexibility index (Phi) is 3.19. The van der Waals surface area contributed by atoms with Crippen molar-refractivity contribution in [1.29, 1.82) is 0 Å². The summed E-state index contributed by atoms with van der Waals surface area (Å²) in [6, 6.07) is 7.70. The number of carbonyl (C=O) groups excluding carboxylic acids is 1. The molecule has 1 aliphatic heterocycles. The van der Waals surface area contributed by atoms with Crippen LogP contribution in [-0.4, -0.2) is 36.4 Å². The predicted molar refractivity (Wildman–Crippen MR) is 62.9 cm³/mol. The van der Waals surface area contributed by atoms with Crippen LogP contribution in [-0.2, 0) is 0 Å². The van der Waals surface area contributed by atoms with Gasteiger partial charge in [0.15, 0.2) is 5.78 Å². The van der Waals surface area contributed by atoms with Gasteiger partial charge in [-0.15, -0.1) is 0 Å². The molecule has 0 aliphatic carbocycles. The van der Waals surface area contributed by atoms with Gasteiger partial charge in [0.05, 0.1) is 6.54 Å². The summed E-state index contributed by atoms with van der Waals surface area (Å²) in [5, 5.41) is 0. The van der Waals surface area contributed by atoms with Gasteiger partial charge in [-0.25, -0.2) is 0 Å². The van der Waals surface area contributed by atoms with Crippen LogP contribution in [0.5, 0.6) is 0 Å². The molecule has 3 nitrogen and oxygen atoms in total. The largest absolute Gasteiger partial charge is 0.325 e. The number of likely N-dealkylation sites (tertiary alicyclic amines) is 1. The fourth-order valence-electron chi connectivity index (χ4n) is 1.67. The standard InChI is InChI=1S/C11H13BrN2O/c12-9-3-1-8(2-4-9)11(15)7-14-5-10(13)6-14/h1-4,10H,5-7,13H2. The SMILES string of the molecule is NC1CN(CC(=O)c2ccc(Br)cc2)C1. The van der Waals surface area contributed by atoms with Crippen molar-refractivity contribution in [3.63, 3.8) is 0 Å². The van der Waals surface area contributed by atoms with Crippen molar-refractivity contribution in [1.82, 2.24) is 4.90 Å². The van der Waals surface area contributed by atoms with Crippen LogP contribution in [0.3, 0.4) is 0 Å². The number of halogens is 1. The molecular weight excluding hydrogens is 256 g/mol. The van der Waals surface area contributed by atoms with E-state index in [0.29, 0.717) is 6.54 Å². The molecule has 1 aromatic rings. The van der Waals surface area contributed by atoms with Crippen molar-refractivity contribution in [2.45, 2.75) is 6.04 Å². The van der Waals surface area contributed by atoms with E-state index in [-0.39, 0.29) is 11.8 Å². The minimum Gasteiger partial charge on any atom is -0.325 e. The number of carbonyl (C=O) groups is 1. The van der Waals surface area contributed by atoms with Gasteiger partial charge in [0.2, 0.25) is 0 Å². The van der Waals surface area contributed by atoms with Crippen LogP contribution in [0.1, 0.15) is 10.4 Å². The summed E-state index contributed by atoms with van der Waals surface area (Å²) in [4.78, 5) is 13.8. The Labute approximate surface area is 97.4 Å². The highest BCUT2D eigenvalue weighted by molar-refractivity contribution is 9.10. The van der Waals surface area contributed by atoms with Crippen molar-refractivity contribution in [3.8, 4) is 0 Å². The Bertz CT molecular complexity index is 357. The van der Waals surface area contributed by atoms with Crippen LogP contribution >= 0.6 is 15.9 Å². The summed E-state index contributed by atoms with van der Waals surface area (Å²) >= 11 is 3.34. The Balaban J connectivity index is 1.93. The highest BCUT2D eigenvalue weighted by atomic mass is 79.9. The summed E-state index contributed by atoms with van der Waals surface area (Å²) in [6.45, 7) is 2.15. The van der Waals surface area contributed by atoms with E-state index in [2.05, 4.69) is 20.8 Å². The molecule has 1 fully saturated rings. The van der Waals surface area contributed by atoms with Crippen LogP contribution in [0.15, 0.2) is 28.7 Å². The van der Waals surface area contributed by atoms with Gasteiger partial charge in [-0.1, -0.05) is 28.1 Å². The molecule has 1 aromatic carbocycles. The molecule has 0 radical (unpaired) electrons. The Morgan fingerprint density at radius 1 is 1.40 bits per heavy atom. The second-order valence-corrected chi connectivity index (χ2v) is 4.80. The Hall–Kier alpha value is -0.710. The molecule has 15 heavy (non-hydrogen) atoms. The van der Waals surface area contributed by atoms with Crippen LogP contribution in [0.4, 0.5) is 0 Å². The number of benzene rings is 1. The third-order valence-corrected chi connectivity index (χ3v) is 3.05. The second kappa shape index (κ2) is 4.43. The van der Waals surface area contributed by atoms with E-state index in [1.807, 2.05) is 24.3 Å². The van der Waals surface area contributed by atoms with Crippen LogP contribution in [0, 0.1) is 0 Å². The zero-order valence-corrected chi connectivity index (χ0v) is 9.90. The minimum atomic E-state index is 0.161. The molecule has 80 valence electrons. The second-order valence-electron chi connectivity index (χ2n) is 3.88. The van der Waals surface area contributed by atoms with E-state index in [1.54, 1.807) is 0 Å². The lowest BCUT2D eigenvalue weighted by Gasteiger charge is -2.36. The zero-order chi connectivity index (χ0) is 10.8. The van der Waals surface area contributed by atoms with E-state index >= 15 is 0 Å². The lowest BCUT2D eigenvalue weighted by molar-refractivity contribution is 0.0843. The van der Waals surface area contributed by atoms with Gasteiger partial charge >= 0.3 is 0 Å². The predicted octanol–water partition coefficient (Wildman–Crippen LogP) is 1.27. The van der Waals surface area contributed by atoms with Gasteiger partial charge in [-0.05, 0) is 12.1 Å². The number of nitrogens with two attached hydrogens (primary N) is 1. The van der Waals surface area contributed by atoms with Crippen molar-refractivity contribution < 1.29 is 4.79 Å². The normalized spacial score (nSPS) is 17.5. The van der Waals surface area contributed by atoms with Gasteiger partial charge in [0, 0.05) is 29.2 Å². The molecule has 0 bridgehead atoms. The average molecular weight is 269 g/mol. The summed E-state index contributed by atoms with van der Waals surface area (Å²) in [6.07, 6.45) is 0. The molecule has 2 N–H and O–H groups in total. The molecule has 0 unspecified atom stereocenters. The fourth-order valence-corrected chi connectivity index (χ4v) is 1.93. The van der Waals surface area contributed by atoms with Gasteiger partial charge in [-0.3, -0.25) is 9.69 Å². The van der Waals surface area contributed by atoms with Crippen molar-refractivity contribution in [2.75, 3.05) is 19.6 Å². The van der Waals surface area contributed by atoms with Crippen LogP contribution in [0.25, 0.3) is 0 Å². The molecule has 2 rings (SSSR count). The summed E-state index contributed by atoms with van der Waals surface area (Å²) in [5.41, 5.74) is 6.41. The molecule has 4 heteroatoms. The molecule has 1 heterocycles. The van der Waals surface area contributed by atoms with Crippen molar-refractivity contribution >= 4 is 21.7 Å². The third-order valence-electron chi connectivity index (χ3n) is 2.52. The van der Waals surface area contributed by atoms with Gasteiger partial charge in [-0.2, -0.15) is 0 Å². The average Bonchev–Trinajstić information content (AvgIpc) is 2.16. The van der Waals surface area contributed by atoms with Crippen LogP contribution in [0.2, 0.25) is 0 Å². The summed E-state index contributed by atoms with van der Waals surface area (Å²) in [7, 11) is 0.